The van der Waals surface area contributed by atoms with Crippen molar-refractivity contribution in [2.45, 2.75) is 26.4 Å². The van der Waals surface area contributed by atoms with Crippen LogP contribution in [0, 0.1) is 0 Å². The minimum Gasteiger partial charge on any atom is -0.458 e. The van der Waals surface area contributed by atoms with Crippen molar-refractivity contribution in [1.82, 2.24) is 4.98 Å². The van der Waals surface area contributed by atoms with Crippen molar-refractivity contribution in [1.29, 1.82) is 0 Å². The lowest BCUT2D eigenvalue weighted by Crippen LogP contribution is -2.17. The van der Waals surface area contributed by atoms with E-state index >= 15 is 0 Å². The van der Waals surface area contributed by atoms with Crippen LogP contribution in [0.2, 0.25) is 0 Å². The molecule has 0 amide bonds. The average molecular weight is 245 g/mol. The third kappa shape index (κ3) is 2.42. The summed E-state index contributed by atoms with van der Waals surface area (Å²) in [6, 6.07) is 8.36. The molecule has 0 radical (unpaired) electrons. The van der Waals surface area contributed by atoms with Gasteiger partial charge in [-0.3, -0.25) is 4.79 Å². The standard InChI is InChI=1S/C14H15NO3/c1-3-9(2)18-14(17)12-8-13(16)10-6-4-5-7-11(10)15-12/h4-9H,3H2,1-2H3,(H,15,16). The predicted molar refractivity (Wildman–Crippen MR) is 69.7 cm³/mol. The van der Waals surface area contributed by atoms with Crippen LogP contribution in [-0.4, -0.2) is 17.1 Å². The van der Waals surface area contributed by atoms with E-state index in [4.69, 9.17) is 4.74 Å². The molecule has 2 aromatic rings. The van der Waals surface area contributed by atoms with Gasteiger partial charge in [-0.05, 0) is 25.5 Å². The molecule has 1 aromatic carbocycles. The number of ether oxygens (including phenoxy) is 1. The van der Waals surface area contributed by atoms with Gasteiger partial charge in [0.25, 0.3) is 0 Å². The number of aromatic nitrogens is 1. The first-order chi connectivity index (χ1) is 8.61. The van der Waals surface area contributed by atoms with Gasteiger partial charge in [0.05, 0.1) is 6.10 Å². The van der Waals surface area contributed by atoms with Crippen LogP contribution in [0.5, 0.6) is 0 Å². The maximum Gasteiger partial charge on any atom is 0.355 e. The SMILES string of the molecule is CCC(C)OC(=O)c1cc(=O)c2ccccc2[nH]1. The molecule has 0 aliphatic rings. The van der Waals surface area contributed by atoms with Crippen molar-refractivity contribution in [3.63, 3.8) is 0 Å². The number of pyridine rings is 1. The molecule has 0 saturated carbocycles. The van der Waals surface area contributed by atoms with E-state index in [0.717, 1.165) is 6.42 Å². The summed E-state index contributed by atoms with van der Waals surface area (Å²) < 4.78 is 5.18. The Morgan fingerprint density at radius 3 is 2.83 bits per heavy atom. The lowest BCUT2D eigenvalue weighted by molar-refractivity contribution is 0.0328. The highest BCUT2D eigenvalue weighted by Crippen LogP contribution is 2.09. The summed E-state index contributed by atoms with van der Waals surface area (Å²) in [4.78, 5) is 26.6. The fraction of sp³-hybridized carbons (Fsp3) is 0.286. The van der Waals surface area contributed by atoms with E-state index in [1.54, 1.807) is 18.2 Å². The number of carbonyl (C=O) groups excluding carboxylic acids is 1. The van der Waals surface area contributed by atoms with Gasteiger partial charge in [0.1, 0.15) is 5.69 Å². The van der Waals surface area contributed by atoms with Crippen LogP contribution in [0.4, 0.5) is 0 Å². The summed E-state index contributed by atoms with van der Waals surface area (Å²) in [5.74, 6) is -0.493. The maximum atomic E-state index is 11.8. The Hall–Kier alpha value is -2.10. The summed E-state index contributed by atoms with van der Waals surface area (Å²) in [5.41, 5.74) is 0.653. The zero-order chi connectivity index (χ0) is 13.1. The number of aromatic amines is 1. The van der Waals surface area contributed by atoms with E-state index < -0.39 is 5.97 Å². The number of H-pyrrole nitrogens is 1. The normalized spacial score (nSPS) is 12.3. The van der Waals surface area contributed by atoms with Gasteiger partial charge in [-0.15, -0.1) is 0 Å². The van der Waals surface area contributed by atoms with Crippen molar-refractivity contribution in [2.24, 2.45) is 0 Å². The molecule has 1 atom stereocenters. The lowest BCUT2D eigenvalue weighted by Gasteiger charge is -2.10. The molecule has 0 aliphatic heterocycles. The molecule has 0 spiro atoms. The molecule has 0 aliphatic carbocycles. The highest BCUT2D eigenvalue weighted by molar-refractivity contribution is 5.91. The van der Waals surface area contributed by atoms with Gasteiger partial charge >= 0.3 is 5.97 Å². The number of nitrogens with one attached hydrogen (secondary N) is 1. The second-order valence-corrected chi connectivity index (χ2v) is 4.22. The largest absolute Gasteiger partial charge is 0.458 e. The molecule has 0 bridgehead atoms. The summed E-state index contributed by atoms with van der Waals surface area (Å²) in [7, 11) is 0. The van der Waals surface area contributed by atoms with Gasteiger partial charge in [-0.2, -0.15) is 0 Å². The van der Waals surface area contributed by atoms with Crippen LogP contribution >= 0.6 is 0 Å². The van der Waals surface area contributed by atoms with Crippen LogP contribution in [0.25, 0.3) is 10.9 Å². The quantitative estimate of drug-likeness (QED) is 0.845. The van der Waals surface area contributed by atoms with Gasteiger partial charge < -0.3 is 9.72 Å². The Labute approximate surface area is 105 Å². The topological polar surface area (TPSA) is 59.2 Å². The third-order valence-electron chi connectivity index (χ3n) is 2.84. The minimum absolute atomic E-state index is 0.160. The number of hydrogen-bond donors (Lipinski definition) is 1. The van der Waals surface area contributed by atoms with Gasteiger partial charge in [-0.1, -0.05) is 19.1 Å². The van der Waals surface area contributed by atoms with Gasteiger partial charge in [0.2, 0.25) is 0 Å². The van der Waals surface area contributed by atoms with Crippen molar-refractivity contribution >= 4 is 16.9 Å². The highest BCUT2D eigenvalue weighted by atomic mass is 16.5. The Morgan fingerprint density at radius 2 is 2.11 bits per heavy atom. The van der Waals surface area contributed by atoms with E-state index in [2.05, 4.69) is 4.98 Å². The number of hydrogen-bond acceptors (Lipinski definition) is 3. The van der Waals surface area contributed by atoms with Crippen molar-refractivity contribution in [2.75, 3.05) is 0 Å². The number of fused-ring (bicyclic) bond motifs is 1. The Morgan fingerprint density at radius 1 is 1.39 bits per heavy atom. The Balaban J connectivity index is 2.41. The monoisotopic (exact) mass is 245 g/mol. The van der Waals surface area contributed by atoms with Crippen molar-refractivity contribution in [3.05, 3.63) is 46.2 Å². The first-order valence-electron chi connectivity index (χ1n) is 5.95. The van der Waals surface area contributed by atoms with Crippen molar-refractivity contribution < 1.29 is 9.53 Å². The van der Waals surface area contributed by atoms with Crippen LogP contribution in [0.15, 0.2) is 35.1 Å². The minimum atomic E-state index is -0.493. The summed E-state index contributed by atoms with van der Waals surface area (Å²) in [6.45, 7) is 3.75. The Kier molecular flexibility index (Phi) is 3.46. The zero-order valence-corrected chi connectivity index (χ0v) is 10.4. The molecule has 1 unspecified atom stereocenters. The first-order valence-corrected chi connectivity index (χ1v) is 5.95. The summed E-state index contributed by atoms with van der Waals surface area (Å²) >= 11 is 0. The molecule has 94 valence electrons. The smallest absolute Gasteiger partial charge is 0.355 e. The van der Waals surface area contributed by atoms with E-state index in [9.17, 15) is 9.59 Å². The lowest BCUT2D eigenvalue weighted by atomic mass is 10.2. The Bertz CT molecular complexity index is 630. The maximum absolute atomic E-state index is 11.8. The number of benzene rings is 1. The van der Waals surface area contributed by atoms with Crippen LogP contribution in [0.1, 0.15) is 30.8 Å². The predicted octanol–water partition coefficient (Wildman–Crippen LogP) is 2.48. The molecule has 4 heteroatoms. The number of carbonyl (C=O) groups is 1. The molecule has 4 nitrogen and oxygen atoms in total. The van der Waals surface area contributed by atoms with Gasteiger partial charge in [0, 0.05) is 17.0 Å². The molecular weight excluding hydrogens is 230 g/mol. The van der Waals surface area contributed by atoms with E-state index in [-0.39, 0.29) is 17.2 Å². The van der Waals surface area contributed by atoms with E-state index in [1.165, 1.54) is 6.07 Å². The zero-order valence-electron chi connectivity index (χ0n) is 10.4. The fourth-order valence-corrected chi connectivity index (χ4v) is 1.64. The van der Waals surface area contributed by atoms with Gasteiger partial charge in [-0.25, -0.2) is 4.79 Å². The molecular formula is C14H15NO3. The molecule has 1 heterocycles. The van der Waals surface area contributed by atoms with Crippen molar-refractivity contribution in [3.8, 4) is 0 Å². The molecule has 0 saturated heterocycles. The second kappa shape index (κ2) is 5.04. The fourth-order valence-electron chi connectivity index (χ4n) is 1.64. The van der Waals surface area contributed by atoms with Crippen LogP contribution in [0.3, 0.4) is 0 Å². The number of esters is 1. The van der Waals surface area contributed by atoms with Gasteiger partial charge in [0.15, 0.2) is 5.43 Å². The molecule has 1 N–H and O–H groups in total. The summed E-state index contributed by atoms with van der Waals surface area (Å²) in [6.07, 6.45) is 0.580. The summed E-state index contributed by atoms with van der Waals surface area (Å²) in [5, 5.41) is 0.567. The second-order valence-electron chi connectivity index (χ2n) is 4.22. The van der Waals surface area contributed by atoms with E-state index in [1.807, 2.05) is 19.9 Å². The molecule has 0 fully saturated rings. The van der Waals surface area contributed by atoms with Crippen LogP contribution in [-0.2, 0) is 4.74 Å². The molecule has 2 rings (SSSR count). The first kappa shape index (κ1) is 12.4. The van der Waals surface area contributed by atoms with Crippen LogP contribution < -0.4 is 5.43 Å². The third-order valence-corrected chi connectivity index (χ3v) is 2.84. The number of para-hydroxylation sites is 1. The van der Waals surface area contributed by atoms with E-state index in [0.29, 0.717) is 10.9 Å². The molecule has 18 heavy (non-hydrogen) atoms. The highest BCUT2D eigenvalue weighted by Gasteiger charge is 2.13. The molecule has 1 aromatic heterocycles. The average Bonchev–Trinajstić information content (AvgIpc) is 2.38. The number of rotatable bonds is 3.